The van der Waals surface area contributed by atoms with E-state index >= 15 is 0 Å². The van der Waals surface area contributed by atoms with Crippen LogP contribution in [0.5, 0.6) is 0 Å². The molecule has 0 atom stereocenters. The molecule has 0 unspecified atom stereocenters. The Balaban J connectivity index is 2.45. The van der Waals surface area contributed by atoms with E-state index in [9.17, 15) is 9.59 Å². The van der Waals surface area contributed by atoms with Crippen molar-refractivity contribution in [2.75, 3.05) is 7.11 Å². The molecule has 0 bridgehead atoms. The second-order valence-corrected chi connectivity index (χ2v) is 5.26. The molecule has 3 aromatic rings. The highest BCUT2D eigenvalue weighted by Gasteiger charge is 2.20. The number of benzene rings is 2. The van der Waals surface area contributed by atoms with Crippen LogP contribution in [0.25, 0.3) is 22.3 Å². The molecular weight excluding hydrogens is 306 g/mol. The summed E-state index contributed by atoms with van der Waals surface area (Å²) < 4.78 is 10.7. The quantitative estimate of drug-likeness (QED) is 0.676. The number of hydrogen-bond acceptors (Lipinski definition) is 5. The first kappa shape index (κ1) is 15.5. The van der Waals surface area contributed by atoms with Crippen molar-refractivity contribution < 1.29 is 13.9 Å². The molecule has 24 heavy (non-hydrogen) atoms. The zero-order chi connectivity index (χ0) is 17.3. The Kier molecular flexibility index (Phi) is 3.88. The summed E-state index contributed by atoms with van der Waals surface area (Å²) in [6.07, 6.45) is 0. The van der Waals surface area contributed by atoms with Gasteiger partial charge in [0.15, 0.2) is 11.0 Å². The maximum atomic E-state index is 12.7. The number of carbonyl (C=O) groups excluding carboxylic acids is 1. The van der Waals surface area contributed by atoms with Crippen LogP contribution in [0.3, 0.4) is 0 Å². The first-order valence-corrected chi connectivity index (χ1v) is 7.22. The molecule has 2 aromatic carbocycles. The molecule has 0 amide bonds. The molecule has 5 heteroatoms. The van der Waals surface area contributed by atoms with Crippen LogP contribution in [0, 0.1) is 18.3 Å². The van der Waals surface area contributed by atoms with Crippen molar-refractivity contribution >= 4 is 16.9 Å². The van der Waals surface area contributed by atoms with Crippen LogP contribution in [0.2, 0.25) is 0 Å². The molecule has 1 heterocycles. The summed E-state index contributed by atoms with van der Waals surface area (Å²) in [6.45, 7) is 1.66. The average Bonchev–Trinajstić information content (AvgIpc) is 2.63. The molecule has 0 saturated heterocycles. The van der Waals surface area contributed by atoms with E-state index in [4.69, 9.17) is 14.4 Å². The number of hydrogen-bond donors (Lipinski definition) is 0. The molecule has 0 aliphatic heterocycles. The summed E-state index contributed by atoms with van der Waals surface area (Å²) in [6, 6.07) is 13.9. The normalized spacial score (nSPS) is 10.4. The second kappa shape index (κ2) is 6.01. The van der Waals surface area contributed by atoms with E-state index in [1.165, 1.54) is 19.2 Å². The van der Waals surface area contributed by atoms with Crippen molar-refractivity contribution in [3.63, 3.8) is 0 Å². The topological polar surface area (TPSA) is 80.3 Å². The minimum absolute atomic E-state index is 0.0563. The summed E-state index contributed by atoms with van der Waals surface area (Å²) in [5.74, 6) is -0.272. The van der Waals surface area contributed by atoms with Gasteiger partial charge in [-0.15, -0.1) is 0 Å². The largest absolute Gasteiger partial charge is 0.465 e. The number of carbonyl (C=O) groups is 1. The predicted octanol–water partition coefficient (Wildman–Crippen LogP) is 3.43. The lowest BCUT2D eigenvalue weighted by Crippen LogP contribution is -2.11. The molecule has 3 rings (SSSR count). The fourth-order valence-electron chi connectivity index (χ4n) is 2.58. The Morgan fingerprint density at radius 2 is 1.92 bits per heavy atom. The van der Waals surface area contributed by atoms with Gasteiger partial charge in [-0.2, -0.15) is 5.26 Å². The van der Waals surface area contributed by atoms with E-state index in [1.807, 2.05) is 36.4 Å². The number of esters is 1. The van der Waals surface area contributed by atoms with Crippen molar-refractivity contribution in [2.45, 2.75) is 6.92 Å². The van der Waals surface area contributed by atoms with Crippen LogP contribution in [0.1, 0.15) is 21.5 Å². The number of nitriles is 1. The van der Waals surface area contributed by atoms with Gasteiger partial charge in [0.25, 0.3) is 0 Å². The first-order valence-electron chi connectivity index (χ1n) is 7.22. The lowest BCUT2D eigenvalue weighted by molar-refractivity contribution is 0.0601. The number of nitrogens with zero attached hydrogens (tertiary/aromatic N) is 1. The van der Waals surface area contributed by atoms with Crippen LogP contribution in [-0.2, 0) is 4.74 Å². The monoisotopic (exact) mass is 319 g/mol. The average molecular weight is 319 g/mol. The minimum atomic E-state index is -0.664. The second-order valence-electron chi connectivity index (χ2n) is 5.26. The van der Waals surface area contributed by atoms with Gasteiger partial charge in [-0.25, -0.2) is 4.79 Å². The Bertz CT molecular complexity index is 1040. The SMILES string of the molecule is COC(=O)c1cc(C#N)cc2c(=O)c(C)c(-c3ccccc3)oc12. The third kappa shape index (κ3) is 2.44. The molecule has 0 aliphatic rings. The smallest absolute Gasteiger partial charge is 0.341 e. The molecule has 1 aromatic heterocycles. The molecule has 0 fully saturated rings. The van der Waals surface area contributed by atoms with Gasteiger partial charge in [0.05, 0.1) is 24.1 Å². The van der Waals surface area contributed by atoms with Gasteiger partial charge in [-0.05, 0) is 19.1 Å². The van der Waals surface area contributed by atoms with E-state index in [0.717, 1.165) is 5.56 Å². The number of rotatable bonds is 2. The Morgan fingerprint density at radius 3 is 2.54 bits per heavy atom. The summed E-state index contributed by atoms with van der Waals surface area (Å²) in [5.41, 5.74) is 1.24. The van der Waals surface area contributed by atoms with Crippen molar-refractivity contribution in [1.82, 2.24) is 0 Å². The van der Waals surface area contributed by atoms with Crippen molar-refractivity contribution in [1.29, 1.82) is 5.26 Å². The van der Waals surface area contributed by atoms with Gasteiger partial charge in [0.2, 0.25) is 0 Å². The Hall–Kier alpha value is -3.39. The third-order valence-electron chi connectivity index (χ3n) is 3.79. The molecular formula is C19H13NO4. The van der Waals surface area contributed by atoms with E-state index in [1.54, 1.807) is 6.92 Å². The summed E-state index contributed by atoms with van der Waals surface area (Å²) >= 11 is 0. The number of ether oxygens (including phenoxy) is 1. The van der Waals surface area contributed by atoms with Gasteiger partial charge in [0.1, 0.15) is 11.3 Å². The minimum Gasteiger partial charge on any atom is -0.465 e. The predicted molar refractivity (Wildman–Crippen MR) is 88.7 cm³/mol. The zero-order valence-electron chi connectivity index (χ0n) is 13.1. The highest BCUT2D eigenvalue weighted by atomic mass is 16.5. The first-order chi connectivity index (χ1) is 11.6. The van der Waals surface area contributed by atoms with Crippen molar-refractivity contribution in [3.05, 3.63) is 69.4 Å². The Labute approximate surface area is 137 Å². The molecule has 0 spiro atoms. The molecule has 118 valence electrons. The van der Waals surface area contributed by atoms with Crippen LogP contribution in [-0.4, -0.2) is 13.1 Å². The van der Waals surface area contributed by atoms with Gasteiger partial charge < -0.3 is 9.15 Å². The van der Waals surface area contributed by atoms with Crippen molar-refractivity contribution in [3.8, 4) is 17.4 Å². The van der Waals surface area contributed by atoms with Crippen LogP contribution in [0.4, 0.5) is 0 Å². The highest BCUT2D eigenvalue weighted by molar-refractivity contribution is 6.03. The summed E-state index contributed by atoms with van der Waals surface area (Å²) in [4.78, 5) is 24.8. The van der Waals surface area contributed by atoms with Crippen LogP contribution < -0.4 is 5.43 Å². The molecule has 0 N–H and O–H groups in total. The summed E-state index contributed by atoms with van der Waals surface area (Å²) in [7, 11) is 1.23. The molecule has 0 aliphatic carbocycles. The zero-order valence-corrected chi connectivity index (χ0v) is 13.1. The maximum absolute atomic E-state index is 12.7. The lowest BCUT2D eigenvalue weighted by atomic mass is 10.0. The van der Waals surface area contributed by atoms with Gasteiger partial charge >= 0.3 is 5.97 Å². The number of fused-ring (bicyclic) bond motifs is 1. The van der Waals surface area contributed by atoms with Gasteiger partial charge in [-0.3, -0.25) is 4.79 Å². The maximum Gasteiger partial charge on any atom is 0.341 e. The standard InChI is InChI=1S/C19H13NO4/c1-11-16(21)14-8-12(10-20)9-15(19(22)23-2)18(14)24-17(11)13-6-4-3-5-7-13/h3-9H,1-2H3. The Morgan fingerprint density at radius 1 is 1.21 bits per heavy atom. The van der Waals surface area contributed by atoms with Gasteiger partial charge in [0, 0.05) is 11.1 Å². The van der Waals surface area contributed by atoms with Crippen LogP contribution >= 0.6 is 0 Å². The molecule has 0 radical (unpaired) electrons. The van der Waals surface area contributed by atoms with E-state index in [2.05, 4.69) is 0 Å². The van der Waals surface area contributed by atoms with E-state index in [0.29, 0.717) is 11.3 Å². The highest BCUT2D eigenvalue weighted by Crippen LogP contribution is 2.28. The van der Waals surface area contributed by atoms with Gasteiger partial charge in [-0.1, -0.05) is 30.3 Å². The summed E-state index contributed by atoms with van der Waals surface area (Å²) in [5, 5.41) is 9.32. The number of methoxy groups -OCH3 is 1. The fourth-order valence-corrected chi connectivity index (χ4v) is 2.58. The molecule has 0 saturated carbocycles. The van der Waals surface area contributed by atoms with E-state index in [-0.39, 0.29) is 27.5 Å². The fraction of sp³-hybridized carbons (Fsp3) is 0.105. The third-order valence-corrected chi connectivity index (χ3v) is 3.79. The van der Waals surface area contributed by atoms with E-state index < -0.39 is 5.97 Å². The van der Waals surface area contributed by atoms with Crippen molar-refractivity contribution in [2.24, 2.45) is 0 Å². The lowest BCUT2D eigenvalue weighted by Gasteiger charge is -2.10. The molecule has 5 nitrogen and oxygen atoms in total. The van der Waals surface area contributed by atoms with Crippen LogP contribution in [0.15, 0.2) is 51.7 Å².